The molecule has 0 saturated heterocycles. The topological polar surface area (TPSA) is 106 Å². The number of fused-ring (bicyclic) bond motifs is 1. The summed E-state index contributed by atoms with van der Waals surface area (Å²) in [5.41, 5.74) is 4.82. The molecule has 0 fully saturated rings. The highest BCUT2D eigenvalue weighted by Gasteiger charge is 2.21. The minimum atomic E-state index is -1.72. The highest BCUT2D eigenvalue weighted by molar-refractivity contribution is 6.29. The van der Waals surface area contributed by atoms with Crippen molar-refractivity contribution in [2.45, 2.75) is 6.42 Å². The largest absolute Gasteiger partial charge is 0.473 e. The number of carboxylic acids is 1. The Morgan fingerprint density at radius 3 is 2.63 bits per heavy atom. The molecule has 0 aliphatic carbocycles. The lowest BCUT2D eigenvalue weighted by molar-refractivity contribution is -0.158. The summed E-state index contributed by atoms with van der Waals surface area (Å²) in [6.45, 7) is 0.595. The van der Waals surface area contributed by atoms with Gasteiger partial charge in [0.15, 0.2) is 0 Å². The van der Waals surface area contributed by atoms with Gasteiger partial charge in [0.05, 0.1) is 23.4 Å². The molecule has 174 valence electrons. The SMILES string of the molecule is O=C(O)C(=O)Oc1cc2c(cc1-c1ccc(F)cc1)NCCC(c1cccc(-n3ccnc3)c1)=N2. The van der Waals surface area contributed by atoms with E-state index >= 15 is 0 Å². The molecule has 2 heterocycles. The average Bonchev–Trinajstić information content (AvgIpc) is 3.32. The van der Waals surface area contributed by atoms with Crippen LogP contribution in [0.5, 0.6) is 5.75 Å². The predicted molar refractivity (Wildman–Crippen MR) is 128 cm³/mol. The van der Waals surface area contributed by atoms with Crippen LogP contribution in [0.4, 0.5) is 15.8 Å². The fourth-order valence-electron chi connectivity index (χ4n) is 3.87. The van der Waals surface area contributed by atoms with Gasteiger partial charge in [-0.2, -0.15) is 0 Å². The maximum absolute atomic E-state index is 13.5. The maximum Gasteiger partial charge on any atom is 0.422 e. The fraction of sp³-hybridized carbons (Fsp3) is 0.0769. The van der Waals surface area contributed by atoms with Crippen molar-refractivity contribution >= 4 is 29.0 Å². The van der Waals surface area contributed by atoms with Crippen molar-refractivity contribution in [3.05, 3.63) is 90.8 Å². The highest BCUT2D eigenvalue weighted by atomic mass is 19.1. The van der Waals surface area contributed by atoms with Gasteiger partial charge in [-0.15, -0.1) is 0 Å². The molecule has 5 rings (SSSR count). The third-order valence-electron chi connectivity index (χ3n) is 5.54. The van der Waals surface area contributed by atoms with E-state index in [1.54, 1.807) is 18.6 Å². The molecule has 0 amide bonds. The van der Waals surface area contributed by atoms with Crippen LogP contribution in [-0.2, 0) is 9.59 Å². The molecule has 1 aliphatic rings. The van der Waals surface area contributed by atoms with Gasteiger partial charge in [0.25, 0.3) is 0 Å². The van der Waals surface area contributed by atoms with E-state index in [2.05, 4.69) is 10.3 Å². The van der Waals surface area contributed by atoms with Crippen molar-refractivity contribution in [3.63, 3.8) is 0 Å². The molecule has 2 N–H and O–H groups in total. The van der Waals surface area contributed by atoms with Crippen molar-refractivity contribution in [1.82, 2.24) is 9.55 Å². The summed E-state index contributed by atoms with van der Waals surface area (Å²) in [6.07, 6.45) is 5.89. The van der Waals surface area contributed by atoms with Gasteiger partial charge in [0.1, 0.15) is 11.6 Å². The zero-order chi connectivity index (χ0) is 24.4. The van der Waals surface area contributed by atoms with Gasteiger partial charge in [-0.05, 0) is 41.5 Å². The van der Waals surface area contributed by atoms with E-state index in [-0.39, 0.29) is 5.75 Å². The lowest BCUT2D eigenvalue weighted by atomic mass is 10.0. The quantitative estimate of drug-likeness (QED) is 0.256. The van der Waals surface area contributed by atoms with Crippen LogP contribution in [0.3, 0.4) is 0 Å². The van der Waals surface area contributed by atoms with Gasteiger partial charge in [-0.3, -0.25) is 4.99 Å². The number of carbonyl (C=O) groups is 2. The number of aliphatic imine (C=N–C) groups is 1. The minimum Gasteiger partial charge on any atom is -0.473 e. The van der Waals surface area contributed by atoms with Crippen LogP contribution in [0.2, 0.25) is 0 Å². The number of aliphatic carboxylic acids is 1. The standard InChI is InChI=1S/C26H19FN4O4/c27-18-6-4-16(5-7-18)20-13-22-23(14-24(20)35-26(34)25(32)33)30-21(8-9-29-22)17-2-1-3-19(12-17)31-11-10-28-15-31/h1-7,10-15,29H,8-9H2,(H,32,33). The third-order valence-corrected chi connectivity index (χ3v) is 5.54. The molecular formula is C26H19FN4O4. The van der Waals surface area contributed by atoms with Gasteiger partial charge in [0, 0.05) is 42.7 Å². The van der Waals surface area contributed by atoms with E-state index in [9.17, 15) is 14.0 Å². The number of nitrogens with zero attached hydrogens (tertiary/aromatic N) is 3. The van der Waals surface area contributed by atoms with Gasteiger partial charge in [-0.1, -0.05) is 24.3 Å². The Kier molecular flexibility index (Phi) is 5.80. The summed E-state index contributed by atoms with van der Waals surface area (Å²) >= 11 is 0. The van der Waals surface area contributed by atoms with Crippen molar-refractivity contribution in [2.24, 2.45) is 4.99 Å². The van der Waals surface area contributed by atoms with Crippen LogP contribution in [0.1, 0.15) is 12.0 Å². The van der Waals surface area contributed by atoms with Crippen molar-refractivity contribution < 1.29 is 23.8 Å². The normalized spacial score (nSPS) is 12.7. The first-order chi connectivity index (χ1) is 17.0. The molecule has 3 aromatic carbocycles. The summed E-state index contributed by atoms with van der Waals surface area (Å²) in [5, 5.41) is 12.4. The van der Waals surface area contributed by atoms with E-state index in [4.69, 9.17) is 14.8 Å². The van der Waals surface area contributed by atoms with E-state index in [1.165, 1.54) is 30.3 Å². The number of ether oxygens (including phenoxy) is 1. The Balaban J connectivity index is 1.59. The Labute approximate surface area is 199 Å². The number of carbonyl (C=O) groups excluding carboxylic acids is 1. The maximum atomic E-state index is 13.5. The number of imidazole rings is 1. The van der Waals surface area contributed by atoms with E-state index in [1.807, 2.05) is 35.0 Å². The Morgan fingerprint density at radius 1 is 1.06 bits per heavy atom. The van der Waals surface area contributed by atoms with Crippen LogP contribution < -0.4 is 10.1 Å². The zero-order valence-electron chi connectivity index (χ0n) is 18.3. The Morgan fingerprint density at radius 2 is 1.89 bits per heavy atom. The molecule has 0 atom stereocenters. The highest BCUT2D eigenvalue weighted by Crippen LogP contribution is 2.40. The van der Waals surface area contributed by atoms with E-state index in [0.29, 0.717) is 35.5 Å². The van der Waals surface area contributed by atoms with Gasteiger partial charge < -0.3 is 19.7 Å². The molecule has 9 heteroatoms. The molecule has 35 heavy (non-hydrogen) atoms. The molecule has 0 unspecified atom stereocenters. The number of rotatable bonds is 4. The smallest absolute Gasteiger partial charge is 0.422 e. The lowest BCUT2D eigenvalue weighted by Gasteiger charge is -2.14. The Hall–Kier alpha value is -4.79. The second-order valence-corrected chi connectivity index (χ2v) is 7.82. The number of hydrogen-bond donors (Lipinski definition) is 2. The first-order valence-corrected chi connectivity index (χ1v) is 10.8. The molecule has 4 aromatic rings. The summed E-state index contributed by atoms with van der Waals surface area (Å²) in [5.74, 6) is -3.55. The van der Waals surface area contributed by atoms with Gasteiger partial charge in [0.2, 0.25) is 0 Å². The molecule has 8 nitrogen and oxygen atoms in total. The van der Waals surface area contributed by atoms with Crippen LogP contribution in [0, 0.1) is 5.82 Å². The predicted octanol–water partition coefficient (Wildman–Crippen LogP) is 4.60. The first-order valence-electron chi connectivity index (χ1n) is 10.8. The summed E-state index contributed by atoms with van der Waals surface area (Å²) < 4.78 is 20.5. The number of carboxylic acid groups (broad SMARTS) is 1. The van der Waals surface area contributed by atoms with Crippen LogP contribution in [0.15, 0.2) is 84.4 Å². The fourth-order valence-corrected chi connectivity index (χ4v) is 3.87. The van der Waals surface area contributed by atoms with Crippen LogP contribution in [-0.4, -0.2) is 38.9 Å². The number of hydrogen-bond acceptors (Lipinski definition) is 6. The Bertz CT molecular complexity index is 1450. The summed E-state index contributed by atoms with van der Waals surface area (Å²) in [7, 11) is 0. The van der Waals surface area contributed by atoms with Gasteiger partial charge in [-0.25, -0.2) is 19.0 Å². The number of nitrogens with one attached hydrogen (secondary N) is 1. The molecule has 1 aromatic heterocycles. The summed E-state index contributed by atoms with van der Waals surface area (Å²) in [6, 6.07) is 16.7. The number of benzene rings is 3. The second-order valence-electron chi connectivity index (χ2n) is 7.82. The molecule has 0 spiro atoms. The number of anilines is 1. The average molecular weight is 470 g/mol. The molecular weight excluding hydrogens is 451 g/mol. The van der Waals surface area contributed by atoms with E-state index in [0.717, 1.165) is 17.0 Å². The van der Waals surface area contributed by atoms with Crippen molar-refractivity contribution in [1.29, 1.82) is 0 Å². The second kappa shape index (κ2) is 9.22. The minimum absolute atomic E-state index is 0.0155. The zero-order valence-corrected chi connectivity index (χ0v) is 18.3. The molecule has 0 radical (unpaired) electrons. The van der Waals surface area contributed by atoms with E-state index < -0.39 is 17.8 Å². The van der Waals surface area contributed by atoms with Crippen LogP contribution >= 0.6 is 0 Å². The van der Waals surface area contributed by atoms with Crippen LogP contribution in [0.25, 0.3) is 16.8 Å². The van der Waals surface area contributed by atoms with Crippen molar-refractivity contribution in [2.75, 3.05) is 11.9 Å². The number of aromatic nitrogens is 2. The molecule has 1 aliphatic heterocycles. The van der Waals surface area contributed by atoms with Gasteiger partial charge >= 0.3 is 11.9 Å². The molecule has 0 bridgehead atoms. The monoisotopic (exact) mass is 470 g/mol. The lowest BCUT2D eigenvalue weighted by Crippen LogP contribution is -2.19. The molecule has 0 saturated carbocycles. The summed E-state index contributed by atoms with van der Waals surface area (Å²) in [4.78, 5) is 31.9. The number of esters is 1. The first kappa shape index (κ1) is 22.0. The van der Waals surface area contributed by atoms with Crippen molar-refractivity contribution in [3.8, 4) is 22.6 Å². The number of halogens is 1. The third kappa shape index (κ3) is 4.65.